The van der Waals surface area contributed by atoms with Crippen molar-refractivity contribution >= 4 is 22.9 Å². The second-order valence-corrected chi connectivity index (χ2v) is 7.85. The zero-order valence-electron chi connectivity index (χ0n) is 16.9. The monoisotopic (exact) mass is 390 g/mol. The Hall–Kier alpha value is -2.97. The number of imidazole rings is 1. The maximum atomic E-state index is 4.97. The first-order valence-electron chi connectivity index (χ1n) is 10.0. The third kappa shape index (κ3) is 3.34. The average molecular weight is 390 g/mol. The van der Waals surface area contributed by atoms with E-state index in [1.807, 2.05) is 18.3 Å². The molecule has 2 aliphatic heterocycles. The molecular formula is C21H26N8. The summed E-state index contributed by atoms with van der Waals surface area (Å²) >= 11 is 0. The Morgan fingerprint density at radius 2 is 2.07 bits per heavy atom. The second-order valence-electron chi connectivity index (χ2n) is 7.85. The molecule has 0 radical (unpaired) electrons. The first kappa shape index (κ1) is 18.1. The lowest BCUT2D eigenvalue weighted by Gasteiger charge is -2.41. The van der Waals surface area contributed by atoms with E-state index in [-0.39, 0.29) is 6.17 Å². The minimum absolute atomic E-state index is 0.0820. The van der Waals surface area contributed by atoms with Gasteiger partial charge in [0.1, 0.15) is 6.17 Å². The van der Waals surface area contributed by atoms with E-state index in [2.05, 4.69) is 67.9 Å². The van der Waals surface area contributed by atoms with E-state index in [1.54, 1.807) is 6.20 Å². The first-order chi connectivity index (χ1) is 14.2. The SMILES string of the molecule is CN(C)CCCN1CN=C2N[C@@H](c3cccnc3)n3c(nc4ccccc43)N2C1. The zero-order chi connectivity index (χ0) is 19.8. The lowest BCUT2D eigenvalue weighted by Crippen LogP contribution is -2.57. The molecule has 2 aliphatic rings. The summed E-state index contributed by atoms with van der Waals surface area (Å²) < 4.78 is 2.26. The molecule has 0 saturated heterocycles. The van der Waals surface area contributed by atoms with E-state index < -0.39 is 0 Å². The fraction of sp³-hybridized carbons (Fsp3) is 0.381. The molecule has 2 aromatic heterocycles. The molecule has 0 unspecified atom stereocenters. The minimum atomic E-state index is -0.0820. The van der Waals surface area contributed by atoms with Gasteiger partial charge in [-0.05, 0) is 45.3 Å². The molecule has 0 aliphatic carbocycles. The van der Waals surface area contributed by atoms with Gasteiger partial charge >= 0.3 is 0 Å². The topological polar surface area (TPSA) is 64.8 Å². The van der Waals surface area contributed by atoms with Crippen LogP contribution in [0, 0.1) is 0 Å². The Morgan fingerprint density at radius 1 is 1.17 bits per heavy atom. The molecule has 0 fully saturated rings. The van der Waals surface area contributed by atoms with Crippen molar-refractivity contribution in [3.8, 4) is 0 Å². The van der Waals surface area contributed by atoms with E-state index in [1.165, 1.54) is 0 Å². The summed E-state index contributed by atoms with van der Waals surface area (Å²) in [6.07, 6.45) is 4.74. The molecule has 8 heteroatoms. The molecule has 1 aromatic carbocycles. The predicted octanol–water partition coefficient (Wildman–Crippen LogP) is 1.93. The maximum absolute atomic E-state index is 4.97. The first-order valence-corrected chi connectivity index (χ1v) is 10.0. The molecular weight excluding hydrogens is 364 g/mol. The predicted molar refractivity (Wildman–Crippen MR) is 115 cm³/mol. The Morgan fingerprint density at radius 3 is 2.90 bits per heavy atom. The lowest BCUT2D eigenvalue weighted by atomic mass is 10.2. The van der Waals surface area contributed by atoms with Gasteiger partial charge in [-0.15, -0.1) is 0 Å². The molecule has 1 atom stereocenters. The third-order valence-electron chi connectivity index (χ3n) is 5.44. The van der Waals surface area contributed by atoms with Gasteiger partial charge in [-0.3, -0.25) is 19.4 Å². The van der Waals surface area contributed by atoms with Crippen LogP contribution in [0.4, 0.5) is 5.95 Å². The third-order valence-corrected chi connectivity index (χ3v) is 5.44. The van der Waals surface area contributed by atoms with Crippen LogP contribution in [0.1, 0.15) is 18.2 Å². The summed E-state index contributed by atoms with van der Waals surface area (Å²) in [6.45, 7) is 3.57. The van der Waals surface area contributed by atoms with Crippen LogP contribution in [-0.4, -0.2) is 70.8 Å². The molecule has 1 N–H and O–H groups in total. The normalized spacial score (nSPS) is 19.1. The number of nitrogens with zero attached hydrogens (tertiary/aromatic N) is 7. The number of guanidine groups is 1. The molecule has 8 nitrogen and oxygen atoms in total. The van der Waals surface area contributed by atoms with Crippen molar-refractivity contribution in [1.82, 2.24) is 29.7 Å². The molecule has 0 bridgehead atoms. The smallest absolute Gasteiger partial charge is 0.216 e. The van der Waals surface area contributed by atoms with Crippen molar-refractivity contribution in [3.05, 3.63) is 54.4 Å². The van der Waals surface area contributed by atoms with Crippen LogP contribution in [0.25, 0.3) is 11.0 Å². The van der Waals surface area contributed by atoms with Gasteiger partial charge in [0, 0.05) is 24.5 Å². The number of fused-ring (bicyclic) bond motifs is 5. The van der Waals surface area contributed by atoms with Gasteiger partial charge in [-0.25, -0.2) is 9.98 Å². The van der Waals surface area contributed by atoms with Crippen LogP contribution in [0.5, 0.6) is 0 Å². The molecule has 3 aromatic rings. The van der Waals surface area contributed by atoms with Crippen LogP contribution in [0.2, 0.25) is 0 Å². The van der Waals surface area contributed by atoms with Gasteiger partial charge in [0.15, 0.2) is 0 Å². The number of para-hydroxylation sites is 2. The minimum Gasteiger partial charge on any atom is -0.331 e. The standard InChI is InChI=1S/C21H26N8/c1-26(2)11-6-12-27-14-23-20-25-19(16-7-5-10-22-13-16)29-18-9-4-3-8-17(18)24-21(29)28(20)15-27/h3-5,7-10,13,19H,6,11-12,14-15H2,1-2H3,(H,23,25)/t19-/m1/s1. The highest BCUT2D eigenvalue weighted by Crippen LogP contribution is 2.33. The summed E-state index contributed by atoms with van der Waals surface area (Å²) in [4.78, 5) is 20.9. The molecule has 150 valence electrons. The Balaban J connectivity index is 1.52. The van der Waals surface area contributed by atoms with Crippen molar-refractivity contribution in [3.63, 3.8) is 0 Å². The van der Waals surface area contributed by atoms with Crippen LogP contribution in [0.3, 0.4) is 0 Å². The number of hydrogen-bond acceptors (Lipinski definition) is 7. The highest BCUT2D eigenvalue weighted by Gasteiger charge is 2.35. The number of pyridine rings is 1. The molecule has 0 amide bonds. The van der Waals surface area contributed by atoms with Gasteiger partial charge in [0.05, 0.1) is 24.4 Å². The molecule has 0 spiro atoms. The zero-order valence-corrected chi connectivity index (χ0v) is 16.9. The number of aromatic nitrogens is 3. The second kappa shape index (κ2) is 7.46. The number of rotatable bonds is 5. The van der Waals surface area contributed by atoms with Crippen LogP contribution >= 0.6 is 0 Å². The Labute approximate surface area is 170 Å². The molecule has 29 heavy (non-hydrogen) atoms. The average Bonchev–Trinajstić information content (AvgIpc) is 3.14. The fourth-order valence-corrected chi connectivity index (χ4v) is 4.03. The van der Waals surface area contributed by atoms with Crippen molar-refractivity contribution < 1.29 is 0 Å². The van der Waals surface area contributed by atoms with E-state index in [4.69, 9.17) is 9.98 Å². The van der Waals surface area contributed by atoms with Crippen molar-refractivity contribution in [2.24, 2.45) is 4.99 Å². The highest BCUT2D eigenvalue weighted by atomic mass is 15.5. The molecule has 0 saturated carbocycles. The van der Waals surface area contributed by atoms with E-state index in [0.717, 1.165) is 54.7 Å². The van der Waals surface area contributed by atoms with Crippen LogP contribution in [0.15, 0.2) is 53.8 Å². The summed E-state index contributed by atoms with van der Waals surface area (Å²) in [5.74, 6) is 1.81. The van der Waals surface area contributed by atoms with Crippen LogP contribution < -0.4 is 10.2 Å². The quantitative estimate of drug-likeness (QED) is 0.718. The van der Waals surface area contributed by atoms with Crippen molar-refractivity contribution in [1.29, 1.82) is 0 Å². The number of nitrogens with one attached hydrogen (secondary N) is 1. The largest absolute Gasteiger partial charge is 0.331 e. The van der Waals surface area contributed by atoms with Gasteiger partial charge in [0.25, 0.3) is 0 Å². The van der Waals surface area contributed by atoms with Gasteiger partial charge in [-0.2, -0.15) is 0 Å². The van der Waals surface area contributed by atoms with Crippen molar-refractivity contribution in [2.75, 3.05) is 45.4 Å². The van der Waals surface area contributed by atoms with Gasteiger partial charge in [0.2, 0.25) is 11.9 Å². The van der Waals surface area contributed by atoms with Gasteiger partial charge < -0.3 is 10.2 Å². The van der Waals surface area contributed by atoms with Crippen molar-refractivity contribution in [2.45, 2.75) is 12.6 Å². The Kier molecular flexibility index (Phi) is 4.65. The molecule has 5 rings (SSSR count). The lowest BCUT2D eigenvalue weighted by molar-refractivity contribution is 0.254. The van der Waals surface area contributed by atoms with E-state index in [0.29, 0.717) is 6.67 Å². The number of hydrogen-bond donors (Lipinski definition) is 1. The fourth-order valence-electron chi connectivity index (χ4n) is 4.03. The summed E-state index contributed by atoms with van der Waals surface area (Å²) in [5, 5.41) is 3.63. The highest BCUT2D eigenvalue weighted by molar-refractivity contribution is 5.98. The number of anilines is 1. The number of aliphatic imine (C=N–C) groups is 1. The van der Waals surface area contributed by atoms with E-state index in [9.17, 15) is 0 Å². The van der Waals surface area contributed by atoms with E-state index >= 15 is 0 Å². The Bertz CT molecular complexity index is 1030. The van der Waals surface area contributed by atoms with Gasteiger partial charge in [-0.1, -0.05) is 18.2 Å². The maximum Gasteiger partial charge on any atom is 0.216 e. The van der Waals surface area contributed by atoms with Crippen LogP contribution in [-0.2, 0) is 0 Å². The summed E-state index contributed by atoms with van der Waals surface area (Å²) in [5.41, 5.74) is 3.18. The summed E-state index contributed by atoms with van der Waals surface area (Å²) in [6, 6.07) is 12.3. The number of benzene rings is 1. The summed E-state index contributed by atoms with van der Waals surface area (Å²) in [7, 11) is 4.23. The molecule has 4 heterocycles.